The molecule has 0 aromatic rings. The number of rotatable bonds is 2. The number of hydrogen-bond donors (Lipinski definition) is 1. The Morgan fingerprint density at radius 3 is 2.77 bits per heavy atom. The van der Waals surface area contributed by atoms with Crippen LogP contribution in [0.3, 0.4) is 0 Å². The predicted molar refractivity (Wildman–Crippen MR) is 47.3 cm³/mol. The van der Waals surface area contributed by atoms with E-state index >= 15 is 0 Å². The summed E-state index contributed by atoms with van der Waals surface area (Å²) in [7, 11) is 0. The Kier molecular flexibility index (Phi) is 6.01. The Balaban J connectivity index is 0.00000144. The normalized spacial score (nSPS) is 20.8. The topological polar surface area (TPSA) is 24.4 Å². The Morgan fingerprint density at radius 2 is 2.31 bits per heavy atom. The maximum atomic E-state index is 12.1. The van der Waals surface area contributed by atoms with Crippen molar-refractivity contribution in [2.75, 3.05) is 6.26 Å². The molecular formula is C6H6ClF2N2SW+. The summed E-state index contributed by atoms with van der Waals surface area (Å²) in [6, 6.07) is 0. The van der Waals surface area contributed by atoms with Crippen LogP contribution in [0.4, 0.5) is 8.78 Å². The summed E-state index contributed by atoms with van der Waals surface area (Å²) in [4.78, 5) is 3.84. The number of halogens is 3. The third-order valence-corrected chi connectivity index (χ3v) is 2.09. The first-order valence-electron chi connectivity index (χ1n) is 3.06. The van der Waals surface area contributed by atoms with Gasteiger partial charge in [0.15, 0.2) is 5.50 Å². The van der Waals surface area contributed by atoms with E-state index in [-0.39, 0.29) is 31.9 Å². The smallest absolute Gasteiger partial charge is 0.384 e. The van der Waals surface area contributed by atoms with Gasteiger partial charge in [-0.25, -0.2) is 0 Å². The number of hydrogen-bond acceptors (Lipinski definition) is 3. The molecule has 7 heteroatoms. The Bertz CT molecular complexity index is 235. The molecule has 0 spiro atoms. The minimum Gasteiger partial charge on any atom is -0.384 e. The molecule has 1 aliphatic heterocycles. The maximum Gasteiger partial charge on any atom is 2.00 e. The van der Waals surface area contributed by atoms with Gasteiger partial charge in [-0.15, -0.1) is 17.8 Å². The van der Waals surface area contributed by atoms with Crippen molar-refractivity contribution in [1.82, 2.24) is 5.32 Å². The van der Waals surface area contributed by atoms with Crippen LogP contribution in [-0.2, 0) is 21.1 Å². The first-order valence-corrected chi connectivity index (χ1v) is 4.72. The molecule has 1 unspecified atom stereocenters. The predicted octanol–water partition coefficient (Wildman–Crippen LogP) is 2.18. The minimum absolute atomic E-state index is 0. The van der Waals surface area contributed by atoms with Crippen molar-refractivity contribution in [1.29, 1.82) is 0 Å². The monoisotopic (exact) mass is 395 g/mol. The summed E-state index contributed by atoms with van der Waals surface area (Å²) >= 11 is 6.80. The van der Waals surface area contributed by atoms with Gasteiger partial charge in [-0.2, -0.15) is 0 Å². The average molecular weight is 395 g/mol. The van der Waals surface area contributed by atoms with Crippen LogP contribution in [0.5, 0.6) is 0 Å². The molecule has 0 radical (unpaired) electrons. The fourth-order valence-corrected chi connectivity index (χ4v) is 1.42. The van der Waals surface area contributed by atoms with E-state index in [1.54, 1.807) is 6.26 Å². The summed E-state index contributed by atoms with van der Waals surface area (Å²) in [6.45, 7) is 0. The summed E-state index contributed by atoms with van der Waals surface area (Å²) < 4.78 is 24.1. The van der Waals surface area contributed by atoms with Crippen molar-refractivity contribution < 1.29 is 29.8 Å². The van der Waals surface area contributed by atoms with E-state index in [1.165, 1.54) is 11.8 Å². The molecule has 1 aliphatic rings. The Morgan fingerprint density at radius 1 is 1.69 bits per heavy atom. The van der Waals surface area contributed by atoms with Gasteiger partial charge in [-0.1, -0.05) is 17.3 Å². The minimum atomic E-state index is -1.78. The third kappa shape index (κ3) is 3.88. The van der Waals surface area contributed by atoms with Crippen molar-refractivity contribution in [3.05, 3.63) is 18.2 Å². The van der Waals surface area contributed by atoms with Crippen LogP contribution >= 0.6 is 23.4 Å². The molecule has 1 N–H and O–H groups in total. The SMILES string of the molecule is CSC1N=C(Cl)C=C([C-](F)F)N1.[W+2]. The number of nitrogens with zero attached hydrogens (tertiary/aromatic N) is 1. The molecule has 1 rings (SSSR count). The van der Waals surface area contributed by atoms with Gasteiger partial charge in [0.25, 0.3) is 0 Å². The zero-order valence-electron chi connectivity index (χ0n) is 6.55. The van der Waals surface area contributed by atoms with Crippen LogP contribution in [0.25, 0.3) is 0 Å². The van der Waals surface area contributed by atoms with Crippen LogP contribution in [0.15, 0.2) is 16.8 Å². The second-order valence-electron chi connectivity index (χ2n) is 2.00. The zero-order chi connectivity index (χ0) is 9.14. The average Bonchev–Trinajstić information content (AvgIpc) is 2.03. The summed E-state index contributed by atoms with van der Waals surface area (Å²) in [5, 5.41) is 2.59. The van der Waals surface area contributed by atoms with Gasteiger partial charge in [0.2, 0.25) is 0 Å². The molecule has 72 valence electrons. The number of allylic oxidation sites excluding steroid dienone is 2. The largest absolute Gasteiger partial charge is 2.00 e. The first kappa shape index (κ1) is 13.3. The molecule has 1 heterocycles. The number of nitrogens with one attached hydrogen (secondary N) is 1. The van der Waals surface area contributed by atoms with Crippen LogP contribution in [0, 0.1) is 6.43 Å². The molecule has 0 bridgehead atoms. The molecule has 0 saturated heterocycles. The second-order valence-corrected chi connectivity index (χ2v) is 3.31. The van der Waals surface area contributed by atoms with Gasteiger partial charge in [0.05, 0.1) is 0 Å². The van der Waals surface area contributed by atoms with Crippen LogP contribution in [0.1, 0.15) is 0 Å². The van der Waals surface area contributed by atoms with Crippen molar-refractivity contribution in [2.24, 2.45) is 4.99 Å². The molecule has 13 heavy (non-hydrogen) atoms. The van der Waals surface area contributed by atoms with Crippen molar-refractivity contribution in [2.45, 2.75) is 5.50 Å². The van der Waals surface area contributed by atoms with E-state index in [2.05, 4.69) is 10.3 Å². The van der Waals surface area contributed by atoms with E-state index in [9.17, 15) is 8.78 Å². The molecule has 0 amide bonds. The van der Waals surface area contributed by atoms with Crippen molar-refractivity contribution >= 4 is 28.5 Å². The standard InChI is InChI=1S/C6H6ClF2N2S.W/c1-12-6-10-3(5(8)9)2-4(7)11-6;/h2,6,10H,1H3;/q-1;+2. The maximum absolute atomic E-state index is 12.1. The zero-order valence-corrected chi connectivity index (χ0v) is 11.1. The van der Waals surface area contributed by atoms with E-state index in [1.807, 2.05) is 0 Å². The molecular weight excluding hydrogens is 389 g/mol. The van der Waals surface area contributed by atoms with Gasteiger partial charge in [-0.05, 0) is 6.26 Å². The van der Waals surface area contributed by atoms with Crippen LogP contribution in [-0.4, -0.2) is 16.9 Å². The van der Waals surface area contributed by atoms with Crippen molar-refractivity contribution in [3.63, 3.8) is 0 Å². The molecule has 2 nitrogen and oxygen atoms in total. The van der Waals surface area contributed by atoms with Gasteiger partial charge >= 0.3 is 21.1 Å². The van der Waals surface area contributed by atoms with Crippen LogP contribution in [0.2, 0.25) is 0 Å². The van der Waals surface area contributed by atoms with E-state index in [4.69, 9.17) is 11.6 Å². The second kappa shape index (κ2) is 5.89. The first-order chi connectivity index (χ1) is 5.63. The van der Waals surface area contributed by atoms with Crippen molar-refractivity contribution in [3.8, 4) is 0 Å². The summed E-state index contributed by atoms with van der Waals surface area (Å²) in [5.74, 6) is 0. The fourth-order valence-electron chi connectivity index (χ4n) is 0.696. The fraction of sp³-hybridized carbons (Fsp3) is 0.333. The van der Waals surface area contributed by atoms with E-state index in [0.29, 0.717) is 0 Å². The number of aliphatic imine (C=N–C) groups is 1. The van der Waals surface area contributed by atoms with Gasteiger partial charge in [0, 0.05) is 5.17 Å². The molecule has 1 atom stereocenters. The Hall–Kier alpha value is 0.268. The molecule has 0 aliphatic carbocycles. The van der Waals surface area contributed by atoms with E-state index in [0.717, 1.165) is 6.08 Å². The quantitative estimate of drug-likeness (QED) is 0.725. The molecule has 0 aromatic heterocycles. The summed E-state index contributed by atoms with van der Waals surface area (Å²) in [6.07, 6.45) is 1.08. The third-order valence-electron chi connectivity index (χ3n) is 1.21. The van der Waals surface area contributed by atoms with Gasteiger partial charge < -0.3 is 5.32 Å². The molecule has 0 fully saturated rings. The van der Waals surface area contributed by atoms with E-state index < -0.39 is 11.9 Å². The van der Waals surface area contributed by atoms with Crippen LogP contribution < -0.4 is 5.32 Å². The van der Waals surface area contributed by atoms with Gasteiger partial charge in [0.1, 0.15) is 6.43 Å². The molecule has 0 aromatic carbocycles. The van der Waals surface area contributed by atoms with Gasteiger partial charge in [-0.3, -0.25) is 13.8 Å². The molecule has 0 saturated carbocycles. The number of thioether (sulfide) groups is 1. The Labute approximate surface area is 98.5 Å². The summed E-state index contributed by atoms with van der Waals surface area (Å²) in [5.41, 5.74) is -0.673.